The first-order chi connectivity index (χ1) is 8.66. The molecule has 2 aromatic rings. The maximum absolute atomic E-state index is 11.8. The molecule has 96 valence electrons. The summed E-state index contributed by atoms with van der Waals surface area (Å²) in [6, 6.07) is 3.64. The van der Waals surface area contributed by atoms with E-state index in [1.54, 1.807) is 17.7 Å². The van der Waals surface area contributed by atoms with E-state index in [0.29, 0.717) is 23.9 Å². The van der Waals surface area contributed by atoms with E-state index < -0.39 is 0 Å². The molecule has 4 nitrogen and oxygen atoms in total. The zero-order chi connectivity index (χ0) is 13.0. The molecule has 1 N–H and O–H groups in total. The number of rotatable bonds is 5. The number of nitrogens with one attached hydrogen (secondary N) is 1. The number of hydrogen-bond donors (Lipinski definition) is 1. The minimum absolute atomic E-state index is 0.121. The molecule has 0 unspecified atom stereocenters. The SMILES string of the molecule is CC(C)CCNC(=O)c1csc(-c2ccco2)n1. The minimum atomic E-state index is -0.121. The van der Waals surface area contributed by atoms with Crippen molar-refractivity contribution >= 4 is 17.2 Å². The smallest absolute Gasteiger partial charge is 0.270 e. The van der Waals surface area contributed by atoms with Crippen molar-refractivity contribution in [3.8, 4) is 10.8 Å². The molecule has 0 saturated carbocycles. The molecule has 2 heterocycles. The molecular weight excluding hydrogens is 248 g/mol. The van der Waals surface area contributed by atoms with Crippen molar-refractivity contribution in [3.63, 3.8) is 0 Å². The molecule has 0 aliphatic carbocycles. The van der Waals surface area contributed by atoms with Crippen LogP contribution in [0.15, 0.2) is 28.2 Å². The van der Waals surface area contributed by atoms with E-state index in [2.05, 4.69) is 24.1 Å². The van der Waals surface area contributed by atoms with Crippen LogP contribution in [-0.2, 0) is 0 Å². The Kier molecular flexibility index (Phi) is 4.15. The van der Waals surface area contributed by atoms with Gasteiger partial charge in [0, 0.05) is 11.9 Å². The van der Waals surface area contributed by atoms with Crippen molar-refractivity contribution in [3.05, 3.63) is 29.5 Å². The number of nitrogens with zero attached hydrogens (tertiary/aromatic N) is 1. The highest BCUT2D eigenvalue weighted by atomic mass is 32.1. The first kappa shape index (κ1) is 12.8. The molecule has 2 aromatic heterocycles. The fourth-order valence-electron chi connectivity index (χ4n) is 1.46. The topological polar surface area (TPSA) is 55.1 Å². The molecule has 2 rings (SSSR count). The number of amides is 1. The summed E-state index contributed by atoms with van der Waals surface area (Å²) in [5, 5.41) is 5.35. The lowest BCUT2D eigenvalue weighted by atomic mass is 10.1. The van der Waals surface area contributed by atoms with Gasteiger partial charge in [-0.05, 0) is 24.5 Å². The number of furan rings is 1. The molecule has 0 aliphatic rings. The summed E-state index contributed by atoms with van der Waals surface area (Å²) < 4.78 is 5.24. The van der Waals surface area contributed by atoms with Crippen LogP contribution in [0.3, 0.4) is 0 Å². The van der Waals surface area contributed by atoms with Crippen LogP contribution in [-0.4, -0.2) is 17.4 Å². The summed E-state index contributed by atoms with van der Waals surface area (Å²) in [6.45, 7) is 4.94. The van der Waals surface area contributed by atoms with Crippen LogP contribution in [0.4, 0.5) is 0 Å². The maximum atomic E-state index is 11.8. The van der Waals surface area contributed by atoms with Gasteiger partial charge in [0.25, 0.3) is 5.91 Å². The van der Waals surface area contributed by atoms with Crippen LogP contribution in [0.1, 0.15) is 30.8 Å². The molecule has 18 heavy (non-hydrogen) atoms. The first-order valence-corrected chi connectivity index (χ1v) is 6.82. The largest absolute Gasteiger partial charge is 0.462 e. The monoisotopic (exact) mass is 264 g/mol. The van der Waals surface area contributed by atoms with Gasteiger partial charge in [0.15, 0.2) is 10.8 Å². The summed E-state index contributed by atoms with van der Waals surface area (Å²) in [4.78, 5) is 16.1. The first-order valence-electron chi connectivity index (χ1n) is 5.94. The zero-order valence-electron chi connectivity index (χ0n) is 10.5. The quantitative estimate of drug-likeness (QED) is 0.902. The number of carbonyl (C=O) groups is 1. The molecule has 0 fully saturated rings. The lowest BCUT2D eigenvalue weighted by Gasteiger charge is -2.05. The Bertz CT molecular complexity index is 503. The van der Waals surface area contributed by atoms with Crippen molar-refractivity contribution in [2.24, 2.45) is 5.92 Å². The average molecular weight is 264 g/mol. The molecule has 0 saturated heterocycles. The number of aromatic nitrogens is 1. The van der Waals surface area contributed by atoms with E-state index in [-0.39, 0.29) is 5.91 Å². The van der Waals surface area contributed by atoms with E-state index >= 15 is 0 Å². The second-order valence-electron chi connectivity index (χ2n) is 4.45. The Balaban J connectivity index is 1.95. The molecule has 0 aliphatic heterocycles. The normalized spacial score (nSPS) is 10.8. The van der Waals surface area contributed by atoms with Gasteiger partial charge in [0.2, 0.25) is 0 Å². The van der Waals surface area contributed by atoms with Crippen molar-refractivity contribution in [1.29, 1.82) is 0 Å². The lowest BCUT2D eigenvalue weighted by molar-refractivity contribution is 0.0948. The van der Waals surface area contributed by atoms with Gasteiger partial charge in [-0.15, -0.1) is 11.3 Å². The lowest BCUT2D eigenvalue weighted by Crippen LogP contribution is -2.25. The van der Waals surface area contributed by atoms with E-state index in [1.165, 1.54) is 11.3 Å². The number of hydrogen-bond acceptors (Lipinski definition) is 4. The Morgan fingerprint density at radius 3 is 3.06 bits per heavy atom. The fourth-order valence-corrected chi connectivity index (χ4v) is 2.22. The highest BCUT2D eigenvalue weighted by Crippen LogP contribution is 2.23. The van der Waals surface area contributed by atoms with Gasteiger partial charge in [-0.3, -0.25) is 4.79 Å². The van der Waals surface area contributed by atoms with Crippen LogP contribution < -0.4 is 5.32 Å². The zero-order valence-corrected chi connectivity index (χ0v) is 11.3. The molecule has 0 spiro atoms. The van der Waals surface area contributed by atoms with E-state index in [1.807, 2.05) is 6.07 Å². The third kappa shape index (κ3) is 3.20. The second kappa shape index (κ2) is 5.82. The van der Waals surface area contributed by atoms with Crippen molar-refractivity contribution in [2.45, 2.75) is 20.3 Å². The highest BCUT2D eigenvalue weighted by Gasteiger charge is 2.12. The Morgan fingerprint density at radius 1 is 1.56 bits per heavy atom. The van der Waals surface area contributed by atoms with Crippen LogP contribution in [0.25, 0.3) is 10.8 Å². The molecular formula is C13H16N2O2S. The van der Waals surface area contributed by atoms with Gasteiger partial charge in [0.05, 0.1) is 6.26 Å². The fraction of sp³-hybridized carbons (Fsp3) is 0.385. The van der Waals surface area contributed by atoms with Crippen molar-refractivity contribution < 1.29 is 9.21 Å². The van der Waals surface area contributed by atoms with Crippen LogP contribution in [0.5, 0.6) is 0 Å². The van der Waals surface area contributed by atoms with E-state index in [4.69, 9.17) is 4.42 Å². The molecule has 0 atom stereocenters. The Hall–Kier alpha value is -1.62. The number of thiazole rings is 1. The third-order valence-corrected chi connectivity index (χ3v) is 3.33. The van der Waals surface area contributed by atoms with Gasteiger partial charge in [0.1, 0.15) is 5.69 Å². The van der Waals surface area contributed by atoms with Crippen molar-refractivity contribution in [1.82, 2.24) is 10.3 Å². The van der Waals surface area contributed by atoms with Crippen LogP contribution in [0, 0.1) is 5.92 Å². The third-order valence-electron chi connectivity index (χ3n) is 2.48. The summed E-state index contributed by atoms with van der Waals surface area (Å²) in [5.74, 6) is 1.16. The predicted octanol–water partition coefficient (Wildman–Crippen LogP) is 3.18. The molecule has 0 radical (unpaired) electrons. The highest BCUT2D eigenvalue weighted by molar-refractivity contribution is 7.13. The number of carbonyl (C=O) groups excluding carboxylic acids is 1. The van der Waals surface area contributed by atoms with Gasteiger partial charge < -0.3 is 9.73 Å². The Morgan fingerprint density at radius 2 is 2.39 bits per heavy atom. The summed E-state index contributed by atoms with van der Waals surface area (Å²) in [5.41, 5.74) is 0.454. The molecule has 0 bridgehead atoms. The minimum Gasteiger partial charge on any atom is -0.462 e. The summed E-state index contributed by atoms with van der Waals surface area (Å²) in [6.07, 6.45) is 2.57. The van der Waals surface area contributed by atoms with Crippen LogP contribution in [0.2, 0.25) is 0 Å². The van der Waals surface area contributed by atoms with Crippen molar-refractivity contribution in [2.75, 3.05) is 6.54 Å². The second-order valence-corrected chi connectivity index (χ2v) is 5.31. The molecule has 1 amide bonds. The van der Waals surface area contributed by atoms with Crippen LogP contribution >= 0.6 is 11.3 Å². The molecule has 0 aromatic carbocycles. The predicted molar refractivity (Wildman–Crippen MR) is 71.6 cm³/mol. The van der Waals surface area contributed by atoms with Gasteiger partial charge in [-0.25, -0.2) is 4.98 Å². The van der Waals surface area contributed by atoms with E-state index in [0.717, 1.165) is 11.4 Å². The Labute approximate surface area is 110 Å². The van der Waals surface area contributed by atoms with Gasteiger partial charge >= 0.3 is 0 Å². The molecule has 5 heteroatoms. The average Bonchev–Trinajstić information content (AvgIpc) is 2.99. The maximum Gasteiger partial charge on any atom is 0.270 e. The van der Waals surface area contributed by atoms with Gasteiger partial charge in [-0.2, -0.15) is 0 Å². The summed E-state index contributed by atoms with van der Waals surface area (Å²) >= 11 is 1.41. The summed E-state index contributed by atoms with van der Waals surface area (Å²) in [7, 11) is 0. The standard InChI is InChI=1S/C13H16N2O2S/c1-9(2)5-6-14-12(16)10-8-18-13(15-10)11-4-3-7-17-11/h3-4,7-9H,5-6H2,1-2H3,(H,14,16). The van der Waals surface area contributed by atoms with Gasteiger partial charge in [-0.1, -0.05) is 13.8 Å². The van der Waals surface area contributed by atoms with E-state index in [9.17, 15) is 4.79 Å².